The van der Waals surface area contributed by atoms with Crippen LogP contribution in [0.15, 0.2) is 4.52 Å². The van der Waals surface area contributed by atoms with E-state index < -0.39 is 0 Å². The van der Waals surface area contributed by atoms with Gasteiger partial charge in [-0.1, -0.05) is 25.4 Å². The first-order valence-electron chi connectivity index (χ1n) is 5.26. The zero-order valence-electron chi connectivity index (χ0n) is 9.56. The molecule has 5 heteroatoms. The Balaban J connectivity index is 2.58. The van der Waals surface area contributed by atoms with E-state index in [1.165, 1.54) is 0 Å². The molecule has 0 bridgehead atoms. The molecule has 1 aromatic rings. The molecule has 0 saturated carbocycles. The summed E-state index contributed by atoms with van der Waals surface area (Å²) in [4.78, 5) is 4.23. The van der Waals surface area contributed by atoms with E-state index in [0.29, 0.717) is 30.7 Å². The van der Waals surface area contributed by atoms with Crippen LogP contribution >= 0.6 is 0 Å². The Morgan fingerprint density at radius 2 is 2.27 bits per heavy atom. The highest BCUT2D eigenvalue weighted by atomic mass is 16.5. The van der Waals surface area contributed by atoms with Crippen molar-refractivity contribution in [2.24, 2.45) is 11.7 Å². The normalized spacial score (nSPS) is 15.2. The molecule has 1 rings (SSSR count). The predicted molar refractivity (Wildman–Crippen MR) is 56.3 cm³/mol. The SMILES string of the molecule is CC[C@H](C)[C@H](N)c1nc(CCOC)no1. The Morgan fingerprint density at radius 3 is 2.87 bits per heavy atom. The summed E-state index contributed by atoms with van der Waals surface area (Å²) in [5, 5.41) is 3.85. The molecule has 2 atom stereocenters. The molecule has 1 aromatic heterocycles. The van der Waals surface area contributed by atoms with Crippen LogP contribution in [0.1, 0.15) is 38.0 Å². The fourth-order valence-electron chi connectivity index (χ4n) is 1.20. The smallest absolute Gasteiger partial charge is 0.243 e. The van der Waals surface area contributed by atoms with E-state index >= 15 is 0 Å². The molecule has 0 fully saturated rings. The van der Waals surface area contributed by atoms with Crippen molar-refractivity contribution in [1.29, 1.82) is 0 Å². The summed E-state index contributed by atoms with van der Waals surface area (Å²) in [6.07, 6.45) is 1.66. The van der Waals surface area contributed by atoms with Crippen LogP contribution < -0.4 is 5.73 Å². The molecule has 15 heavy (non-hydrogen) atoms. The Labute approximate surface area is 90.0 Å². The molecule has 0 saturated heterocycles. The van der Waals surface area contributed by atoms with Gasteiger partial charge in [0.15, 0.2) is 5.82 Å². The van der Waals surface area contributed by atoms with E-state index in [1.807, 2.05) is 0 Å². The van der Waals surface area contributed by atoms with Crippen LogP contribution in [-0.2, 0) is 11.2 Å². The van der Waals surface area contributed by atoms with Gasteiger partial charge in [-0.3, -0.25) is 0 Å². The molecule has 0 radical (unpaired) electrons. The topological polar surface area (TPSA) is 74.2 Å². The summed E-state index contributed by atoms with van der Waals surface area (Å²) < 4.78 is 10.0. The van der Waals surface area contributed by atoms with Gasteiger partial charge in [-0.25, -0.2) is 0 Å². The van der Waals surface area contributed by atoms with Crippen molar-refractivity contribution in [3.05, 3.63) is 11.7 Å². The molecule has 0 aromatic carbocycles. The first-order valence-corrected chi connectivity index (χ1v) is 5.26. The van der Waals surface area contributed by atoms with Gasteiger partial charge in [0, 0.05) is 13.5 Å². The number of ether oxygens (including phenoxy) is 1. The second-order valence-corrected chi connectivity index (χ2v) is 3.70. The molecular formula is C10H19N3O2. The van der Waals surface area contributed by atoms with Crippen molar-refractivity contribution >= 4 is 0 Å². The number of nitrogens with zero attached hydrogens (tertiary/aromatic N) is 2. The molecule has 0 unspecified atom stereocenters. The van der Waals surface area contributed by atoms with Crippen LogP contribution in [0.3, 0.4) is 0 Å². The Hall–Kier alpha value is -0.940. The van der Waals surface area contributed by atoms with E-state index in [0.717, 1.165) is 6.42 Å². The van der Waals surface area contributed by atoms with Gasteiger partial charge in [0.25, 0.3) is 0 Å². The van der Waals surface area contributed by atoms with E-state index in [1.54, 1.807) is 7.11 Å². The molecule has 86 valence electrons. The first kappa shape index (κ1) is 12.1. The van der Waals surface area contributed by atoms with Crippen LogP contribution in [0.5, 0.6) is 0 Å². The Bertz CT molecular complexity index is 288. The summed E-state index contributed by atoms with van der Waals surface area (Å²) >= 11 is 0. The molecule has 0 amide bonds. The number of aromatic nitrogens is 2. The highest BCUT2D eigenvalue weighted by Gasteiger charge is 2.19. The molecular weight excluding hydrogens is 194 g/mol. The predicted octanol–water partition coefficient (Wildman–Crippen LogP) is 1.30. The molecule has 0 spiro atoms. The van der Waals surface area contributed by atoms with E-state index in [4.69, 9.17) is 15.0 Å². The average molecular weight is 213 g/mol. The van der Waals surface area contributed by atoms with Crippen LogP contribution in [0.25, 0.3) is 0 Å². The third-order valence-corrected chi connectivity index (χ3v) is 2.56. The van der Waals surface area contributed by atoms with E-state index in [2.05, 4.69) is 24.0 Å². The largest absolute Gasteiger partial charge is 0.384 e. The molecule has 0 aliphatic rings. The first-order chi connectivity index (χ1) is 7.19. The van der Waals surface area contributed by atoms with Gasteiger partial charge in [-0.2, -0.15) is 4.98 Å². The molecule has 2 N–H and O–H groups in total. The minimum atomic E-state index is -0.168. The van der Waals surface area contributed by atoms with Gasteiger partial charge in [0.05, 0.1) is 12.6 Å². The van der Waals surface area contributed by atoms with Crippen LogP contribution in [0.2, 0.25) is 0 Å². The standard InChI is InChI=1S/C10H19N3O2/c1-4-7(2)9(11)10-12-8(13-15-10)5-6-14-3/h7,9H,4-6,11H2,1-3H3/t7-,9-/m0/s1. The summed E-state index contributed by atoms with van der Waals surface area (Å²) in [6.45, 7) is 4.76. The third kappa shape index (κ3) is 3.28. The fraction of sp³-hybridized carbons (Fsp3) is 0.800. The highest BCUT2D eigenvalue weighted by Crippen LogP contribution is 2.19. The van der Waals surface area contributed by atoms with Gasteiger partial charge >= 0.3 is 0 Å². The lowest BCUT2D eigenvalue weighted by molar-refractivity contribution is 0.199. The quantitative estimate of drug-likeness (QED) is 0.771. The van der Waals surface area contributed by atoms with Crippen molar-refractivity contribution in [1.82, 2.24) is 10.1 Å². The zero-order chi connectivity index (χ0) is 11.3. The second kappa shape index (κ2) is 5.82. The number of hydrogen-bond donors (Lipinski definition) is 1. The van der Waals surface area contributed by atoms with Gasteiger partial charge in [-0.05, 0) is 5.92 Å². The summed E-state index contributed by atoms with van der Waals surface area (Å²) in [6, 6.07) is -0.168. The van der Waals surface area contributed by atoms with Gasteiger partial charge in [-0.15, -0.1) is 0 Å². The average Bonchev–Trinajstić information content (AvgIpc) is 2.72. The maximum atomic E-state index is 5.96. The lowest BCUT2D eigenvalue weighted by atomic mass is 10.0. The van der Waals surface area contributed by atoms with Crippen molar-refractivity contribution in [2.45, 2.75) is 32.7 Å². The van der Waals surface area contributed by atoms with Crippen molar-refractivity contribution in [3.8, 4) is 0 Å². The van der Waals surface area contributed by atoms with Crippen LogP contribution in [0.4, 0.5) is 0 Å². The lowest BCUT2D eigenvalue weighted by Gasteiger charge is -2.12. The van der Waals surface area contributed by atoms with E-state index in [-0.39, 0.29) is 6.04 Å². The number of rotatable bonds is 6. The minimum absolute atomic E-state index is 0.168. The molecule has 5 nitrogen and oxygen atoms in total. The van der Waals surface area contributed by atoms with Crippen molar-refractivity contribution in [3.63, 3.8) is 0 Å². The third-order valence-electron chi connectivity index (χ3n) is 2.56. The number of nitrogens with two attached hydrogens (primary N) is 1. The number of methoxy groups -OCH3 is 1. The Morgan fingerprint density at radius 1 is 1.53 bits per heavy atom. The highest BCUT2D eigenvalue weighted by molar-refractivity contribution is 4.93. The second-order valence-electron chi connectivity index (χ2n) is 3.70. The molecule has 1 heterocycles. The zero-order valence-corrected chi connectivity index (χ0v) is 9.56. The lowest BCUT2D eigenvalue weighted by Crippen LogP contribution is -2.18. The maximum Gasteiger partial charge on any atom is 0.243 e. The number of hydrogen-bond acceptors (Lipinski definition) is 5. The van der Waals surface area contributed by atoms with Gasteiger partial charge < -0.3 is 15.0 Å². The van der Waals surface area contributed by atoms with Crippen molar-refractivity contribution in [2.75, 3.05) is 13.7 Å². The summed E-state index contributed by atoms with van der Waals surface area (Å²) in [7, 11) is 1.64. The van der Waals surface area contributed by atoms with E-state index in [9.17, 15) is 0 Å². The summed E-state index contributed by atoms with van der Waals surface area (Å²) in [5.41, 5.74) is 5.96. The maximum absolute atomic E-state index is 5.96. The minimum Gasteiger partial charge on any atom is -0.384 e. The van der Waals surface area contributed by atoms with Crippen LogP contribution in [-0.4, -0.2) is 23.9 Å². The molecule has 0 aliphatic carbocycles. The van der Waals surface area contributed by atoms with Gasteiger partial charge in [0.1, 0.15) is 0 Å². The van der Waals surface area contributed by atoms with Crippen LogP contribution in [0, 0.1) is 5.92 Å². The van der Waals surface area contributed by atoms with Gasteiger partial charge in [0.2, 0.25) is 5.89 Å². The van der Waals surface area contributed by atoms with Crippen molar-refractivity contribution < 1.29 is 9.26 Å². The summed E-state index contributed by atoms with van der Waals surface area (Å²) in [5.74, 6) is 1.53. The monoisotopic (exact) mass is 213 g/mol. The fourth-order valence-corrected chi connectivity index (χ4v) is 1.20. The Kier molecular flexibility index (Phi) is 4.71. The molecule has 0 aliphatic heterocycles.